The lowest BCUT2D eigenvalue weighted by molar-refractivity contribution is 0.309. The first kappa shape index (κ1) is 15.9. The highest BCUT2D eigenvalue weighted by molar-refractivity contribution is 7.80. The number of hydrogen-bond donors (Lipinski definition) is 2. The molecule has 5 heteroatoms. The Morgan fingerprint density at radius 1 is 1.10 bits per heavy atom. The van der Waals surface area contributed by atoms with Crippen molar-refractivity contribution < 1.29 is 9.47 Å². The third-order valence-electron chi connectivity index (χ3n) is 4.04. The molecule has 21 heavy (non-hydrogen) atoms. The van der Waals surface area contributed by atoms with Crippen molar-refractivity contribution in [2.24, 2.45) is 5.92 Å². The zero-order chi connectivity index (χ0) is 15.2. The van der Waals surface area contributed by atoms with E-state index < -0.39 is 0 Å². The molecule has 0 aromatic heterocycles. The lowest BCUT2D eigenvalue weighted by atomic mass is 9.86. The van der Waals surface area contributed by atoms with Crippen LogP contribution in [0.15, 0.2) is 18.2 Å². The molecule has 2 rings (SSSR count). The van der Waals surface area contributed by atoms with E-state index in [-0.39, 0.29) is 0 Å². The molecule has 2 N–H and O–H groups in total. The number of rotatable bonds is 4. The van der Waals surface area contributed by atoms with Crippen molar-refractivity contribution in [2.45, 2.75) is 38.6 Å². The summed E-state index contributed by atoms with van der Waals surface area (Å²) in [5, 5.41) is 7.31. The van der Waals surface area contributed by atoms with E-state index >= 15 is 0 Å². The van der Waals surface area contributed by atoms with Crippen molar-refractivity contribution in [3.63, 3.8) is 0 Å². The van der Waals surface area contributed by atoms with E-state index in [4.69, 9.17) is 21.7 Å². The van der Waals surface area contributed by atoms with Gasteiger partial charge in [-0.1, -0.05) is 19.8 Å². The number of thiocarbonyl (C=S) groups is 1. The lowest BCUT2D eigenvalue weighted by Gasteiger charge is -2.30. The Hall–Kier alpha value is -1.49. The van der Waals surface area contributed by atoms with E-state index in [2.05, 4.69) is 17.6 Å². The molecule has 0 heterocycles. The van der Waals surface area contributed by atoms with Crippen LogP contribution < -0.4 is 20.1 Å². The molecule has 0 saturated heterocycles. The topological polar surface area (TPSA) is 42.5 Å². The zero-order valence-corrected chi connectivity index (χ0v) is 13.8. The van der Waals surface area contributed by atoms with Gasteiger partial charge in [-0.15, -0.1) is 0 Å². The molecule has 0 aliphatic heterocycles. The average molecular weight is 308 g/mol. The number of anilines is 1. The molecule has 0 bridgehead atoms. The van der Waals surface area contributed by atoms with Gasteiger partial charge in [-0.3, -0.25) is 0 Å². The van der Waals surface area contributed by atoms with Gasteiger partial charge >= 0.3 is 0 Å². The second-order valence-electron chi connectivity index (χ2n) is 5.57. The van der Waals surface area contributed by atoms with Gasteiger partial charge in [-0.25, -0.2) is 0 Å². The van der Waals surface area contributed by atoms with Crippen molar-refractivity contribution >= 4 is 23.0 Å². The third kappa shape index (κ3) is 4.49. The van der Waals surface area contributed by atoms with Crippen LogP contribution in [-0.2, 0) is 0 Å². The molecule has 1 aliphatic rings. The lowest BCUT2D eigenvalue weighted by Crippen LogP contribution is -2.43. The van der Waals surface area contributed by atoms with Gasteiger partial charge in [0.2, 0.25) is 0 Å². The first-order chi connectivity index (χ1) is 10.1. The van der Waals surface area contributed by atoms with Crippen molar-refractivity contribution in [2.75, 3.05) is 19.5 Å². The fourth-order valence-corrected chi connectivity index (χ4v) is 3.02. The number of hydrogen-bond acceptors (Lipinski definition) is 3. The summed E-state index contributed by atoms with van der Waals surface area (Å²) in [5.74, 6) is 2.15. The van der Waals surface area contributed by atoms with Crippen LogP contribution in [0.2, 0.25) is 0 Å². The van der Waals surface area contributed by atoms with Gasteiger partial charge in [0.05, 0.1) is 14.2 Å². The van der Waals surface area contributed by atoms with Crippen LogP contribution in [0.1, 0.15) is 32.6 Å². The molecule has 116 valence electrons. The van der Waals surface area contributed by atoms with Crippen LogP contribution in [-0.4, -0.2) is 25.4 Å². The molecule has 1 fully saturated rings. The van der Waals surface area contributed by atoms with E-state index in [1.165, 1.54) is 25.7 Å². The molecule has 2 atom stereocenters. The molecular weight excluding hydrogens is 284 g/mol. The third-order valence-corrected chi connectivity index (χ3v) is 4.26. The van der Waals surface area contributed by atoms with Gasteiger partial charge in [-0.2, -0.15) is 0 Å². The van der Waals surface area contributed by atoms with E-state index in [9.17, 15) is 0 Å². The maximum absolute atomic E-state index is 5.42. The Morgan fingerprint density at radius 3 is 2.29 bits per heavy atom. The fourth-order valence-electron chi connectivity index (χ4n) is 2.75. The summed E-state index contributed by atoms with van der Waals surface area (Å²) in [6.07, 6.45) is 5.06. The van der Waals surface area contributed by atoms with E-state index in [0.717, 1.165) is 17.2 Å². The summed E-state index contributed by atoms with van der Waals surface area (Å²) in [6.45, 7) is 2.29. The van der Waals surface area contributed by atoms with Gasteiger partial charge in [0, 0.05) is 29.9 Å². The van der Waals surface area contributed by atoms with Crippen molar-refractivity contribution in [1.82, 2.24) is 5.32 Å². The van der Waals surface area contributed by atoms with E-state index in [1.807, 2.05) is 18.2 Å². The Morgan fingerprint density at radius 2 is 1.71 bits per heavy atom. The van der Waals surface area contributed by atoms with Crippen molar-refractivity contribution in [3.8, 4) is 11.5 Å². The maximum atomic E-state index is 5.42. The fraction of sp³-hybridized carbons (Fsp3) is 0.562. The molecule has 0 amide bonds. The predicted octanol–water partition coefficient (Wildman–Crippen LogP) is 3.57. The molecular formula is C16H24N2O2S. The highest BCUT2D eigenvalue weighted by atomic mass is 32.1. The van der Waals surface area contributed by atoms with Crippen molar-refractivity contribution in [1.29, 1.82) is 0 Å². The first-order valence-corrected chi connectivity index (χ1v) is 7.84. The second-order valence-corrected chi connectivity index (χ2v) is 5.98. The summed E-state index contributed by atoms with van der Waals surface area (Å²) in [5.41, 5.74) is 0.868. The van der Waals surface area contributed by atoms with Crippen LogP contribution in [0.3, 0.4) is 0 Å². The second kappa shape index (κ2) is 7.50. The van der Waals surface area contributed by atoms with Gasteiger partial charge in [0.15, 0.2) is 5.11 Å². The first-order valence-electron chi connectivity index (χ1n) is 7.43. The highest BCUT2D eigenvalue weighted by Crippen LogP contribution is 2.26. The zero-order valence-electron chi connectivity index (χ0n) is 12.9. The number of ether oxygens (including phenoxy) is 2. The standard InChI is InChI=1S/C16H24N2O2S/c1-11-6-4-5-7-15(11)18-16(21)17-12-8-13(19-2)10-14(9-12)20-3/h8-11,15H,4-7H2,1-3H3,(H2,17,18,21)/t11-,15+/m0/s1. The van der Waals surface area contributed by atoms with Crippen LogP contribution in [0.4, 0.5) is 5.69 Å². The molecule has 0 spiro atoms. The molecule has 1 saturated carbocycles. The summed E-state index contributed by atoms with van der Waals surface area (Å²) >= 11 is 5.42. The quantitative estimate of drug-likeness (QED) is 0.832. The molecule has 1 aliphatic carbocycles. The average Bonchev–Trinajstić information content (AvgIpc) is 2.49. The number of methoxy groups -OCH3 is 2. The maximum Gasteiger partial charge on any atom is 0.171 e. The minimum absolute atomic E-state index is 0.464. The predicted molar refractivity (Wildman–Crippen MR) is 90.3 cm³/mol. The van der Waals surface area contributed by atoms with Crippen LogP contribution in [0.25, 0.3) is 0 Å². The number of nitrogens with one attached hydrogen (secondary N) is 2. The molecule has 0 radical (unpaired) electrons. The van der Waals surface area contributed by atoms with Gasteiger partial charge in [0.1, 0.15) is 11.5 Å². The Balaban J connectivity index is 1.98. The molecule has 1 aromatic carbocycles. The summed E-state index contributed by atoms with van der Waals surface area (Å²) < 4.78 is 10.5. The highest BCUT2D eigenvalue weighted by Gasteiger charge is 2.21. The number of benzene rings is 1. The normalized spacial score (nSPS) is 21.5. The Kier molecular flexibility index (Phi) is 5.67. The van der Waals surface area contributed by atoms with Crippen LogP contribution in [0, 0.1) is 5.92 Å². The summed E-state index contributed by atoms with van der Waals surface area (Å²) in [4.78, 5) is 0. The Bertz CT molecular complexity index is 471. The van der Waals surface area contributed by atoms with Crippen LogP contribution >= 0.6 is 12.2 Å². The SMILES string of the molecule is COc1cc(NC(=S)N[C@@H]2CCCC[C@@H]2C)cc(OC)c1. The van der Waals surface area contributed by atoms with Gasteiger partial charge in [0.25, 0.3) is 0 Å². The van der Waals surface area contributed by atoms with Gasteiger partial charge < -0.3 is 20.1 Å². The monoisotopic (exact) mass is 308 g/mol. The minimum atomic E-state index is 0.464. The molecule has 4 nitrogen and oxygen atoms in total. The molecule has 1 aromatic rings. The van der Waals surface area contributed by atoms with E-state index in [0.29, 0.717) is 17.1 Å². The van der Waals surface area contributed by atoms with Crippen molar-refractivity contribution in [3.05, 3.63) is 18.2 Å². The largest absolute Gasteiger partial charge is 0.497 e. The smallest absolute Gasteiger partial charge is 0.171 e. The Labute approximate surface area is 132 Å². The van der Waals surface area contributed by atoms with E-state index in [1.54, 1.807) is 14.2 Å². The van der Waals surface area contributed by atoms with Gasteiger partial charge in [-0.05, 0) is 31.0 Å². The summed E-state index contributed by atoms with van der Waals surface area (Å²) in [7, 11) is 3.28. The minimum Gasteiger partial charge on any atom is -0.497 e. The molecule has 0 unspecified atom stereocenters. The summed E-state index contributed by atoms with van der Waals surface area (Å²) in [6, 6.07) is 6.11. The van der Waals surface area contributed by atoms with Crippen LogP contribution in [0.5, 0.6) is 11.5 Å².